The molecule has 0 saturated heterocycles. The Morgan fingerprint density at radius 2 is 1.25 bits per heavy atom. The summed E-state index contributed by atoms with van der Waals surface area (Å²) >= 11 is 0. The van der Waals surface area contributed by atoms with Crippen molar-refractivity contribution in [1.29, 1.82) is 0 Å². The molecule has 0 heterocycles. The number of allylic oxidation sites excluding steroid dienone is 1. The second-order valence-electron chi connectivity index (χ2n) is 6.51. The van der Waals surface area contributed by atoms with Crippen LogP contribution in [0, 0.1) is 0 Å². The highest BCUT2D eigenvalue weighted by molar-refractivity contribution is 6.18. The van der Waals surface area contributed by atoms with Crippen molar-refractivity contribution in [3.63, 3.8) is 0 Å². The van der Waals surface area contributed by atoms with E-state index in [0.29, 0.717) is 16.7 Å². The number of hydrogen-bond donors (Lipinski definition) is 0. The fourth-order valence-electron chi connectivity index (χ4n) is 3.28. The van der Waals surface area contributed by atoms with Crippen LogP contribution >= 0.6 is 0 Å². The van der Waals surface area contributed by atoms with Crippen LogP contribution in [0.5, 0.6) is 0 Å². The molecule has 0 spiro atoms. The lowest BCUT2D eigenvalue weighted by Crippen LogP contribution is -2.04. The first-order chi connectivity index (χ1) is 13.7. The van der Waals surface area contributed by atoms with Gasteiger partial charge in [0.2, 0.25) is 0 Å². The monoisotopic (exact) mass is 362 g/mol. The quantitative estimate of drug-likeness (QED) is 0.324. The second-order valence-corrected chi connectivity index (χ2v) is 6.51. The number of hydrogen-bond acceptors (Lipinski definition) is 2. The third-order valence-corrected chi connectivity index (χ3v) is 4.71. The molecule has 0 aliphatic rings. The summed E-state index contributed by atoms with van der Waals surface area (Å²) in [5.41, 5.74) is 2.59. The molecule has 0 aliphatic carbocycles. The molecule has 0 fully saturated rings. The molecule has 0 amide bonds. The van der Waals surface area contributed by atoms with Gasteiger partial charge in [-0.3, -0.25) is 9.59 Å². The number of rotatable bonds is 5. The summed E-state index contributed by atoms with van der Waals surface area (Å²) < 4.78 is 0. The lowest BCUT2D eigenvalue weighted by atomic mass is 9.94. The molecule has 4 aromatic carbocycles. The fourth-order valence-corrected chi connectivity index (χ4v) is 3.28. The van der Waals surface area contributed by atoms with Crippen LogP contribution in [0.25, 0.3) is 16.8 Å². The van der Waals surface area contributed by atoms with Crippen molar-refractivity contribution >= 4 is 28.4 Å². The van der Waals surface area contributed by atoms with Crippen LogP contribution in [-0.2, 0) is 0 Å². The molecule has 0 radical (unpaired) electrons. The van der Waals surface area contributed by atoms with E-state index >= 15 is 0 Å². The summed E-state index contributed by atoms with van der Waals surface area (Å²) in [6, 6.07) is 30.0. The van der Waals surface area contributed by atoms with Crippen molar-refractivity contribution in [2.75, 3.05) is 0 Å². The molecule has 0 bridgehead atoms. The Hall–Kier alpha value is -3.78. The Bertz CT molecular complexity index is 1180. The first-order valence-corrected chi connectivity index (χ1v) is 9.13. The Labute approximate surface area is 163 Å². The molecule has 2 nitrogen and oxygen atoms in total. The van der Waals surface area contributed by atoms with E-state index in [2.05, 4.69) is 0 Å². The van der Waals surface area contributed by atoms with Crippen LogP contribution in [0.3, 0.4) is 0 Å². The standard InChI is InChI=1S/C26H18O2/c27-25(21-11-2-1-3-12-21)18-17-20-10-5-7-15-23(20)26(28)24-16-8-13-19-9-4-6-14-22(19)24/h1-18H. The van der Waals surface area contributed by atoms with E-state index < -0.39 is 0 Å². The number of fused-ring (bicyclic) bond motifs is 1. The van der Waals surface area contributed by atoms with Gasteiger partial charge in [-0.15, -0.1) is 0 Å². The number of benzene rings is 4. The Morgan fingerprint density at radius 3 is 2.11 bits per heavy atom. The number of ketones is 2. The molecule has 134 valence electrons. The van der Waals surface area contributed by atoms with Gasteiger partial charge in [0.1, 0.15) is 0 Å². The largest absolute Gasteiger partial charge is 0.289 e. The van der Waals surface area contributed by atoms with Gasteiger partial charge in [0.05, 0.1) is 0 Å². The zero-order valence-corrected chi connectivity index (χ0v) is 15.2. The Morgan fingerprint density at radius 1 is 0.607 bits per heavy atom. The Balaban J connectivity index is 1.71. The minimum Gasteiger partial charge on any atom is -0.289 e. The van der Waals surface area contributed by atoms with Crippen LogP contribution in [0.15, 0.2) is 103 Å². The average Bonchev–Trinajstić information content (AvgIpc) is 2.77. The summed E-state index contributed by atoms with van der Waals surface area (Å²) in [6.07, 6.45) is 3.23. The van der Waals surface area contributed by atoms with Crippen molar-refractivity contribution in [2.45, 2.75) is 0 Å². The Kier molecular flexibility index (Phi) is 4.94. The van der Waals surface area contributed by atoms with Crippen molar-refractivity contribution in [1.82, 2.24) is 0 Å². The highest BCUT2D eigenvalue weighted by Gasteiger charge is 2.14. The predicted molar refractivity (Wildman–Crippen MR) is 114 cm³/mol. The maximum absolute atomic E-state index is 13.3. The summed E-state index contributed by atoms with van der Waals surface area (Å²) in [5, 5.41) is 1.95. The molecular formula is C26H18O2. The van der Waals surface area contributed by atoms with E-state index in [4.69, 9.17) is 0 Å². The molecular weight excluding hydrogens is 344 g/mol. The summed E-state index contributed by atoms with van der Waals surface area (Å²) in [7, 11) is 0. The van der Waals surface area contributed by atoms with Gasteiger partial charge in [-0.05, 0) is 22.4 Å². The third kappa shape index (κ3) is 3.53. The zero-order chi connectivity index (χ0) is 19.3. The highest BCUT2D eigenvalue weighted by atomic mass is 16.1. The molecule has 4 aromatic rings. The van der Waals surface area contributed by atoms with E-state index in [1.165, 1.54) is 6.08 Å². The molecule has 0 unspecified atom stereocenters. The maximum Gasteiger partial charge on any atom is 0.194 e. The fraction of sp³-hybridized carbons (Fsp3) is 0. The van der Waals surface area contributed by atoms with Crippen molar-refractivity contribution < 1.29 is 9.59 Å². The first-order valence-electron chi connectivity index (χ1n) is 9.13. The van der Waals surface area contributed by atoms with Gasteiger partial charge in [-0.25, -0.2) is 0 Å². The van der Waals surface area contributed by atoms with E-state index in [0.717, 1.165) is 16.3 Å². The molecule has 0 N–H and O–H groups in total. The zero-order valence-electron chi connectivity index (χ0n) is 15.2. The van der Waals surface area contributed by atoms with Crippen molar-refractivity contribution in [2.24, 2.45) is 0 Å². The molecule has 0 saturated carbocycles. The van der Waals surface area contributed by atoms with Gasteiger partial charge in [-0.2, -0.15) is 0 Å². The minimum absolute atomic E-state index is 0.0517. The van der Waals surface area contributed by atoms with E-state index in [1.807, 2.05) is 78.9 Å². The summed E-state index contributed by atoms with van der Waals surface area (Å²) in [5.74, 6) is -0.141. The molecule has 2 heteroatoms. The SMILES string of the molecule is O=C(C=Cc1ccccc1C(=O)c1cccc2ccccc12)c1ccccc1. The molecule has 28 heavy (non-hydrogen) atoms. The smallest absolute Gasteiger partial charge is 0.194 e. The topological polar surface area (TPSA) is 34.1 Å². The van der Waals surface area contributed by atoms with Crippen LogP contribution in [0.4, 0.5) is 0 Å². The van der Waals surface area contributed by atoms with Crippen LogP contribution in [0.1, 0.15) is 31.8 Å². The van der Waals surface area contributed by atoms with Gasteiger partial charge in [0.25, 0.3) is 0 Å². The highest BCUT2D eigenvalue weighted by Crippen LogP contribution is 2.23. The van der Waals surface area contributed by atoms with Gasteiger partial charge < -0.3 is 0 Å². The molecule has 0 aliphatic heterocycles. The van der Waals surface area contributed by atoms with E-state index in [-0.39, 0.29) is 11.6 Å². The number of carbonyl (C=O) groups is 2. The normalized spacial score (nSPS) is 11.0. The summed E-state index contributed by atoms with van der Waals surface area (Å²) in [4.78, 5) is 25.6. The molecule has 0 aromatic heterocycles. The summed E-state index contributed by atoms with van der Waals surface area (Å²) in [6.45, 7) is 0. The van der Waals surface area contributed by atoms with Gasteiger partial charge in [-0.1, -0.05) is 103 Å². The van der Waals surface area contributed by atoms with E-state index in [1.54, 1.807) is 24.3 Å². The van der Waals surface area contributed by atoms with Crippen LogP contribution in [0.2, 0.25) is 0 Å². The van der Waals surface area contributed by atoms with E-state index in [9.17, 15) is 9.59 Å². The molecule has 4 rings (SSSR count). The maximum atomic E-state index is 13.3. The predicted octanol–water partition coefficient (Wildman–Crippen LogP) is 5.97. The second kappa shape index (κ2) is 7.85. The third-order valence-electron chi connectivity index (χ3n) is 4.71. The minimum atomic E-state index is -0.0898. The van der Waals surface area contributed by atoms with Crippen molar-refractivity contribution in [3.05, 3.63) is 125 Å². The van der Waals surface area contributed by atoms with Gasteiger partial charge in [0.15, 0.2) is 11.6 Å². The number of carbonyl (C=O) groups excluding carboxylic acids is 2. The lowest BCUT2D eigenvalue weighted by Gasteiger charge is -2.08. The van der Waals surface area contributed by atoms with Gasteiger partial charge in [0, 0.05) is 16.7 Å². The van der Waals surface area contributed by atoms with Crippen LogP contribution in [-0.4, -0.2) is 11.6 Å². The first kappa shape index (κ1) is 17.6. The van der Waals surface area contributed by atoms with Crippen molar-refractivity contribution in [3.8, 4) is 0 Å². The van der Waals surface area contributed by atoms with Gasteiger partial charge >= 0.3 is 0 Å². The average molecular weight is 362 g/mol. The molecule has 0 atom stereocenters. The van der Waals surface area contributed by atoms with Crippen LogP contribution < -0.4 is 0 Å². The lowest BCUT2D eigenvalue weighted by molar-refractivity contribution is 0.103.